The minimum absolute atomic E-state index is 0.198. The molecule has 0 heterocycles. The van der Waals surface area contributed by atoms with Crippen LogP contribution in [0.2, 0.25) is 0 Å². The van der Waals surface area contributed by atoms with Gasteiger partial charge in [0.2, 0.25) is 0 Å². The zero-order chi connectivity index (χ0) is 6.41. The van der Waals surface area contributed by atoms with E-state index in [1.54, 1.807) is 0 Å². The van der Waals surface area contributed by atoms with E-state index in [1.807, 2.05) is 0 Å². The van der Waals surface area contributed by atoms with Crippen LogP contribution in [0.3, 0.4) is 0 Å². The lowest BCUT2D eigenvalue weighted by Crippen LogP contribution is -1.92. The molecule has 1 N–H and O–H groups in total. The molecule has 0 aromatic carbocycles. The van der Waals surface area contributed by atoms with E-state index in [1.165, 1.54) is 0 Å². The second-order valence-electron chi connectivity index (χ2n) is 1.39. The molecule has 45 valence electrons. The van der Waals surface area contributed by atoms with Crippen LogP contribution in [0.5, 0.6) is 0 Å². The van der Waals surface area contributed by atoms with Gasteiger partial charge in [0, 0.05) is 11.8 Å². The van der Waals surface area contributed by atoms with E-state index in [9.17, 15) is 4.79 Å². The minimum atomic E-state index is -0.768. The fourth-order valence-corrected chi connectivity index (χ4v) is 0.456. The summed E-state index contributed by atoms with van der Waals surface area (Å²) in [6.45, 7) is 0. The summed E-state index contributed by atoms with van der Waals surface area (Å²) in [5.41, 5.74) is 0. The largest absolute Gasteiger partial charge is 0.481 e. The van der Waals surface area contributed by atoms with E-state index >= 15 is 0 Å². The number of carboxylic acid groups (broad SMARTS) is 1. The third-order valence-corrected chi connectivity index (χ3v) is 0.874. The highest BCUT2D eigenvalue weighted by atomic mass is 32.1. The van der Waals surface area contributed by atoms with Crippen LogP contribution in [0.1, 0.15) is 19.3 Å². The fourth-order valence-electron chi connectivity index (χ4n) is 0.312. The maximum Gasteiger partial charge on any atom is 0.303 e. The summed E-state index contributed by atoms with van der Waals surface area (Å²) in [5, 5.41) is 10.5. The molecule has 0 aromatic rings. The molecule has 1 radical (unpaired) electrons. The SMILES string of the molecule is O=C(O)CCC[C]=S. The van der Waals surface area contributed by atoms with Gasteiger partial charge in [-0.15, -0.1) is 0 Å². The monoisotopic (exact) mass is 131 g/mol. The summed E-state index contributed by atoms with van der Waals surface area (Å²) >= 11 is 4.36. The van der Waals surface area contributed by atoms with E-state index in [-0.39, 0.29) is 6.42 Å². The van der Waals surface area contributed by atoms with E-state index in [4.69, 9.17) is 5.11 Å². The first-order chi connectivity index (χ1) is 3.77. The van der Waals surface area contributed by atoms with Crippen molar-refractivity contribution in [3.05, 3.63) is 0 Å². The molecular weight excluding hydrogens is 124 g/mol. The zero-order valence-electron chi connectivity index (χ0n) is 4.39. The third kappa shape index (κ3) is 5.56. The average Bonchev–Trinajstić information content (AvgIpc) is 1.66. The van der Waals surface area contributed by atoms with Gasteiger partial charge < -0.3 is 5.11 Å². The van der Waals surface area contributed by atoms with E-state index in [0.717, 1.165) is 0 Å². The van der Waals surface area contributed by atoms with Gasteiger partial charge in [-0.05, 0) is 12.8 Å². The Labute approximate surface area is 53.5 Å². The Bertz CT molecular complexity index is 90.4. The predicted molar refractivity (Wildman–Crippen MR) is 34.1 cm³/mol. The quantitative estimate of drug-likeness (QED) is 0.459. The standard InChI is InChI=1S/C5H7O2S/c6-5(7)3-1-2-4-8/h1-3H2,(H,6,7). The Morgan fingerprint density at radius 2 is 2.38 bits per heavy atom. The first-order valence-electron chi connectivity index (χ1n) is 2.34. The van der Waals surface area contributed by atoms with Gasteiger partial charge >= 0.3 is 5.97 Å². The molecular formula is C5H7O2S. The maximum absolute atomic E-state index is 9.81. The Morgan fingerprint density at radius 3 is 2.75 bits per heavy atom. The molecule has 0 amide bonds. The van der Waals surface area contributed by atoms with Crippen LogP contribution in [0, 0.1) is 0 Å². The molecule has 0 saturated carbocycles. The number of carbonyl (C=O) groups is 1. The number of rotatable bonds is 4. The number of hydrogen-bond acceptors (Lipinski definition) is 2. The molecule has 0 fully saturated rings. The van der Waals surface area contributed by atoms with Crippen molar-refractivity contribution in [3.63, 3.8) is 0 Å². The lowest BCUT2D eigenvalue weighted by atomic mass is 10.3. The molecule has 0 saturated heterocycles. The number of carboxylic acids is 1. The zero-order valence-corrected chi connectivity index (χ0v) is 5.20. The molecule has 8 heavy (non-hydrogen) atoms. The second kappa shape index (κ2) is 4.71. The summed E-state index contributed by atoms with van der Waals surface area (Å²) in [5.74, 6) is -0.768. The van der Waals surface area contributed by atoms with Crippen LogP contribution >= 0.6 is 12.2 Å². The first kappa shape index (κ1) is 7.56. The second-order valence-corrected chi connectivity index (χ2v) is 1.68. The van der Waals surface area contributed by atoms with Gasteiger partial charge in [0.25, 0.3) is 0 Å². The Kier molecular flexibility index (Phi) is 4.45. The van der Waals surface area contributed by atoms with Crippen molar-refractivity contribution in [1.29, 1.82) is 0 Å². The minimum Gasteiger partial charge on any atom is -0.481 e. The Hall–Kier alpha value is -0.440. The van der Waals surface area contributed by atoms with Gasteiger partial charge in [-0.3, -0.25) is 4.79 Å². The molecule has 0 rings (SSSR count). The van der Waals surface area contributed by atoms with E-state index in [2.05, 4.69) is 17.6 Å². The highest BCUT2D eigenvalue weighted by Gasteiger charge is 1.92. The van der Waals surface area contributed by atoms with Gasteiger partial charge in [-0.2, -0.15) is 0 Å². The Balaban J connectivity index is 2.93. The van der Waals surface area contributed by atoms with Crippen molar-refractivity contribution in [2.24, 2.45) is 0 Å². The van der Waals surface area contributed by atoms with Gasteiger partial charge in [0.1, 0.15) is 0 Å². The van der Waals surface area contributed by atoms with Crippen molar-refractivity contribution in [2.45, 2.75) is 19.3 Å². The van der Waals surface area contributed by atoms with Crippen molar-refractivity contribution in [1.82, 2.24) is 0 Å². The molecule has 0 aliphatic rings. The van der Waals surface area contributed by atoms with Crippen LogP contribution in [-0.4, -0.2) is 16.4 Å². The molecule has 0 bridgehead atoms. The molecule has 0 aromatic heterocycles. The summed E-state index contributed by atoms with van der Waals surface area (Å²) in [4.78, 5) is 9.81. The molecule has 3 heteroatoms. The van der Waals surface area contributed by atoms with Crippen molar-refractivity contribution < 1.29 is 9.90 Å². The van der Waals surface area contributed by atoms with E-state index in [0.29, 0.717) is 12.8 Å². The highest BCUT2D eigenvalue weighted by Crippen LogP contribution is 1.91. The number of unbranched alkanes of at least 4 members (excludes halogenated alkanes) is 1. The molecule has 0 unspecified atom stereocenters. The number of hydrogen-bond donors (Lipinski definition) is 1. The fraction of sp³-hybridized carbons (Fsp3) is 0.600. The highest BCUT2D eigenvalue weighted by molar-refractivity contribution is 7.78. The van der Waals surface area contributed by atoms with Gasteiger partial charge in [0.15, 0.2) is 0 Å². The smallest absolute Gasteiger partial charge is 0.303 e. The lowest BCUT2D eigenvalue weighted by molar-refractivity contribution is -0.137. The van der Waals surface area contributed by atoms with Crippen LogP contribution in [0.4, 0.5) is 0 Å². The van der Waals surface area contributed by atoms with E-state index < -0.39 is 5.97 Å². The first-order valence-corrected chi connectivity index (χ1v) is 2.75. The number of aliphatic carboxylic acids is 1. The maximum atomic E-state index is 9.81. The van der Waals surface area contributed by atoms with Gasteiger partial charge in [0.05, 0.1) is 0 Å². The normalized spacial score (nSPS) is 8.50. The molecule has 2 nitrogen and oxygen atoms in total. The molecule has 0 spiro atoms. The summed E-state index contributed by atoms with van der Waals surface area (Å²) < 4.78 is 0. The van der Waals surface area contributed by atoms with Crippen LogP contribution in [0.25, 0.3) is 0 Å². The van der Waals surface area contributed by atoms with Gasteiger partial charge in [-0.25, -0.2) is 0 Å². The Morgan fingerprint density at radius 1 is 1.75 bits per heavy atom. The van der Waals surface area contributed by atoms with Gasteiger partial charge in [-0.1, -0.05) is 12.2 Å². The average molecular weight is 131 g/mol. The molecule has 0 aliphatic heterocycles. The van der Waals surface area contributed by atoms with Crippen LogP contribution in [0.15, 0.2) is 0 Å². The topological polar surface area (TPSA) is 37.3 Å². The third-order valence-electron chi connectivity index (χ3n) is 0.669. The lowest BCUT2D eigenvalue weighted by Gasteiger charge is -1.85. The van der Waals surface area contributed by atoms with Crippen molar-refractivity contribution >= 4 is 23.6 Å². The number of thiocarbonyl (C=S) groups is 1. The van der Waals surface area contributed by atoms with Crippen molar-refractivity contribution in [3.8, 4) is 0 Å². The predicted octanol–water partition coefficient (Wildman–Crippen LogP) is 1.12. The summed E-state index contributed by atoms with van der Waals surface area (Å²) in [6, 6.07) is 0. The van der Waals surface area contributed by atoms with Crippen LogP contribution in [-0.2, 0) is 4.79 Å². The summed E-state index contributed by atoms with van der Waals surface area (Å²) in [7, 11) is 0. The van der Waals surface area contributed by atoms with Crippen molar-refractivity contribution in [2.75, 3.05) is 0 Å². The molecule has 0 atom stereocenters. The van der Waals surface area contributed by atoms with Crippen LogP contribution < -0.4 is 0 Å². The summed E-state index contributed by atoms with van der Waals surface area (Å²) in [6.07, 6.45) is 1.41. The molecule has 0 aliphatic carbocycles.